The van der Waals surface area contributed by atoms with E-state index >= 15 is 0 Å². The van der Waals surface area contributed by atoms with E-state index in [-0.39, 0.29) is 18.1 Å². The lowest BCUT2D eigenvalue weighted by Gasteiger charge is -2.26. The summed E-state index contributed by atoms with van der Waals surface area (Å²) in [5, 5.41) is 4.02. The van der Waals surface area contributed by atoms with Gasteiger partial charge >= 0.3 is 5.97 Å². The first kappa shape index (κ1) is 26.3. The summed E-state index contributed by atoms with van der Waals surface area (Å²) in [6.45, 7) is 2.04. The lowest BCUT2D eigenvalue weighted by molar-refractivity contribution is 0.0600. The van der Waals surface area contributed by atoms with Crippen molar-refractivity contribution in [1.29, 1.82) is 0 Å². The molecule has 0 aliphatic carbocycles. The quantitative estimate of drug-likeness (QED) is 0.163. The molecule has 0 unspecified atom stereocenters. The molecule has 1 fully saturated rings. The molecule has 41 heavy (non-hydrogen) atoms. The van der Waals surface area contributed by atoms with Crippen molar-refractivity contribution >= 4 is 29.0 Å². The smallest absolute Gasteiger partial charge is 0.337 e. The van der Waals surface area contributed by atoms with Crippen molar-refractivity contribution in [3.8, 4) is 22.8 Å². The molecule has 1 aliphatic heterocycles. The van der Waals surface area contributed by atoms with Crippen LogP contribution in [0.1, 0.15) is 39.5 Å². The first-order chi connectivity index (χ1) is 20.0. The predicted molar refractivity (Wildman–Crippen MR) is 161 cm³/mol. The number of carbonyl (C=O) groups excluding carboxylic acids is 1. The highest BCUT2D eigenvalue weighted by Crippen LogP contribution is 2.43. The van der Waals surface area contributed by atoms with Crippen LogP contribution in [0.2, 0.25) is 0 Å². The zero-order valence-corrected chi connectivity index (χ0v) is 23.3. The fourth-order valence-corrected chi connectivity index (χ4v) is 5.24. The highest BCUT2D eigenvalue weighted by atomic mass is 32.1. The third-order valence-corrected chi connectivity index (χ3v) is 7.29. The number of carbonyl (C=O) groups is 1. The number of anilines is 1. The molecule has 1 saturated heterocycles. The first-order valence-electron chi connectivity index (χ1n) is 13.1. The minimum Gasteiger partial charge on any atom is -0.465 e. The van der Waals surface area contributed by atoms with Gasteiger partial charge < -0.3 is 24.1 Å². The molecule has 0 spiro atoms. The number of esters is 1. The van der Waals surface area contributed by atoms with Crippen molar-refractivity contribution < 1.29 is 18.7 Å². The second-order valence-electron chi connectivity index (χ2n) is 9.68. The van der Waals surface area contributed by atoms with Gasteiger partial charge in [0.25, 0.3) is 0 Å². The number of thiocarbonyl (C=S) groups is 1. The topological polar surface area (TPSA) is 76.8 Å². The number of hydrogen-bond donors (Lipinski definition) is 1. The Bertz CT molecular complexity index is 1670. The molecule has 5 aromatic rings. The summed E-state index contributed by atoms with van der Waals surface area (Å²) < 4.78 is 17.3. The van der Waals surface area contributed by atoms with Gasteiger partial charge in [0.15, 0.2) is 5.11 Å². The Hall–Kier alpha value is -4.95. The van der Waals surface area contributed by atoms with E-state index in [0.717, 1.165) is 34.2 Å². The average molecular weight is 562 g/mol. The van der Waals surface area contributed by atoms with Crippen LogP contribution in [0.4, 0.5) is 5.69 Å². The summed E-state index contributed by atoms with van der Waals surface area (Å²) in [6.07, 6.45) is 1.77. The normalized spacial score (nSPS) is 16.3. The zero-order chi connectivity index (χ0) is 28.3. The fraction of sp³-hybridized carbons (Fsp3) is 0.121. The molecule has 204 valence electrons. The molecular formula is C33H27N3O4S. The van der Waals surface area contributed by atoms with Crippen molar-refractivity contribution in [2.75, 3.05) is 12.0 Å². The van der Waals surface area contributed by atoms with Crippen LogP contribution in [0.15, 0.2) is 114 Å². The predicted octanol–water partition coefficient (Wildman–Crippen LogP) is 7.41. The molecule has 0 amide bonds. The monoisotopic (exact) mass is 561 g/mol. The van der Waals surface area contributed by atoms with Crippen LogP contribution in [0.3, 0.4) is 0 Å². The Morgan fingerprint density at radius 1 is 0.902 bits per heavy atom. The number of aryl methyl sites for hydroxylation is 1. The van der Waals surface area contributed by atoms with Crippen LogP contribution < -0.4 is 15.0 Å². The maximum Gasteiger partial charge on any atom is 0.337 e. The van der Waals surface area contributed by atoms with Crippen LogP contribution >= 0.6 is 12.2 Å². The molecule has 1 aliphatic rings. The molecule has 3 aromatic carbocycles. The van der Waals surface area contributed by atoms with Gasteiger partial charge in [-0.2, -0.15) is 0 Å². The van der Waals surface area contributed by atoms with E-state index in [2.05, 4.69) is 10.3 Å². The van der Waals surface area contributed by atoms with E-state index in [4.69, 9.17) is 26.1 Å². The Kier molecular flexibility index (Phi) is 7.22. The molecule has 2 atom stereocenters. The second kappa shape index (κ2) is 11.3. The highest BCUT2D eigenvalue weighted by molar-refractivity contribution is 7.80. The van der Waals surface area contributed by atoms with Gasteiger partial charge in [-0.1, -0.05) is 35.9 Å². The minimum absolute atomic E-state index is 0.243. The number of nitrogens with one attached hydrogen (secondary N) is 1. The molecule has 6 rings (SSSR count). The Morgan fingerprint density at radius 3 is 2.27 bits per heavy atom. The van der Waals surface area contributed by atoms with E-state index in [1.807, 2.05) is 103 Å². The van der Waals surface area contributed by atoms with Gasteiger partial charge in [-0.3, -0.25) is 4.98 Å². The number of aromatic nitrogens is 1. The van der Waals surface area contributed by atoms with Crippen molar-refractivity contribution in [3.05, 3.63) is 132 Å². The summed E-state index contributed by atoms with van der Waals surface area (Å²) in [5.41, 5.74) is 4.24. The Balaban J connectivity index is 1.32. The van der Waals surface area contributed by atoms with Gasteiger partial charge in [-0.15, -0.1) is 0 Å². The first-order valence-corrected chi connectivity index (χ1v) is 13.5. The molecule has 1 N–H and O–H groups in total. The van der Waals surface area contributed by atoms with Crippen molar-refractivity contribution in [2.45, 2.75) is 19.0 Å². The zero-order valence-electron chi connectivity index (χ0n) is 22.5. The van der Waals surface area contributed by atoms with E-state index in [0.29, 0.717) is 16.4 Å². The van der Waals surface area contributed by atoms with E-state index in [1.165, 1.54) is 12.7 Å². The lowest BCUT2D eigenvalue weighted by Crippen LogP contribution is -2.29. The number of pyridine rings is 1. The Morgan fingerprint density at radius 2 is 1.61 bits per heavy atom. The van der Waals surface area contributed by atoms with E-state index < -0.39 is 0 Å². The number of hydrogen-bond acceptors (Lipinski definition) is 6. The van der Waals surface area contributed by atoms with Gasteiger partial charge in [0.2, 0.25) is 0 Å². The lowest BCUT2D eigenvalue weighted by atomic mass is 10.0. The molecule has 0 saturated carbocycles. The number of ether oxygens (including phenoxy) is 2. The largest absolute Gasteiger partial charge is 0.465 e. The van der Waals surface area contributed by atoms with Gasteiger partial charge in [-0.05, 0) is 91.9 Å². The number of rotatable bonds is 7. The van der Waals surface area contributed by atoms with Crippen LogP contribution in [0.5, 0.6) is 11.5 Å². The maximum absolute atomic E-state index is 11.9. The van der Waals surface area contributed by atoms with Gasteiger partial charge in [0.05, 0.1) is 24.4 Å². The molecule has 3 heterocycles. The van der Waals surface area contributed by atoms with E-state index in [1.54, 1.807) is 18.3 Å². The molecule has 0 bridgehead atoms. The highest BCUT2D eigenvalue weighted by Gasteiger charge is 2.42. The Labute approximate surface area is 243 Å². The van der Waals surface area contributed by atoms with Crippen molar-refractivity contribution in [1.82, 2.24) is 10.3 Å². The number of nitrogens with zero attached hydrogens (tertiary/aromatic N) is 2. The van der Waals surface area contributed by atoms with Gasteiger partial charge in [0, 0.05) is 17.4 Å². The summed E-state index contributed by atoms with van der Waals surface area (Å²) in [6, 6.07) is 32.1. The van der Waals surface area contributed by atoms with Gasteiger partial charge in [-0.25, -0.2) is 4.79 Å². The molecule has 0 radical (unpaired) electrons. The molecule has 8 heteroatoms. The van der Waals surface area contributed by atoms with Gasteiger partial charge in [0.1, 0.15) is 29.1 Å². The summed E-state index contributed by atoms with van der Waals surface area (Å²) in [7, 11) is 1.36. The second-order valence-corrected chi connectivity index (χ2v) is 10.1. The fourth-order valence-electron chi connectivity index (χ4n) is 4.89. The third kappa shape index (κ3) is 5.42. The van der Waals surface area contributed by atoms with Crippen LogP contribution in [-0.4, -0.2) is 23.2 Å². The summed E-state index contributed by atoms with van der Waals surface area (Å²) in [5.74, 6) is 2.52. The molecule has 2 aromatic heterocycles. The minimum atomic E-state index is -0.383. The number of benzene rings is 3. The molecule has 7 nitrogen and oxygen atoms in total. The summed E-state index contributed by atoms with van der Waals surface area (Å²) in [4.78, 5) is 18.5. The standard InChI is InChI=1S/C33H27N3O4S/c1-21-6-14-25(15-7-21)39-26-16-12-24(13-17-26)36-31(30(35-33(36)41)27-5-3-4-20-34-27)29-19-18-28(40-29)22-8-10-23(11-9-22)32(37)38-2/h3-20,30-31H,1-2H3,(H,35,41)/t30-,31+/m1/s1. The van der Waals surface area contributed by atoms with Crippen molar-refractivity contribution in [2.24, 2.45) is 0 Å². The van der Waals surface area contributed by atoms with Crippen LogP contribution in [0.25, 0.3) is 11.3 Å². The van der Waals surface area contributed by atoms with Crippen LogP contribution in [-0.2, 0) is 4.74 Å². The molecular weight excluding hydrogens is 534 g/mol. The number of furan rings is 1. The van der Waals surface area contributed by atoms with Crippen LogP contribution in [0, 0.1) is 6.92 Å². The number of methoxy groups -OCH3 is 1. The maximum atomic E-state index is 11.9. The SMILES string of the molecule is COC(=O)c1ccc(-c2ccc([C@H]3[C@@H](c4ccccn4)NC(=S)N3c3ccc(Oc4ccc(C)cc4)cc3)o2)cc1. The summed E-state index contributed by atoms with van der Waals surface area (Å²) >= 11 is 5.85. The van der Waals surface area contributed by atoms with E-state index in [9.17, 15) is 4.79 Å². The average Bonchev–Trinajstić information content (AvgIpc) is 3.63. The van der Waals surface area contributed by atoms with Crippen molar-refractivity contribution in [3.63, 3.8) is 0 Å². The third-order valence-electron chi connectivity index (χ3n) is 6.98.